The molecule has 204 valence electrons. The van der Waals surface area contributed by atoms with Crippen LogP contribution in [0.2, 0.25) is 25.7 Å². The summed E-state index contributed by atoms with van der Waals surface area (Å²) >= 11 is 4.57. The van der Waals surface area contributed by atoms with E-state index in [1.165, 1.54) is 29.8 Å². The zero-order valence-electron chi connectivity index (χ0n) is 22.5. The topological polar surface area (TPSA) is 77.4 Å². The summed E-state index contributed by atoms with van der Waals surface area (Å²) in [4.78, 5) is 31.5. The van der Waals surface area contributed by atoms with Gasteiger partial charge in [-0.2, -0.15) is 0 Å². The first-order valence-electron chi connectivity index (χ1n) is 11.9. The maximum atomic E-state index is 15.1. The van der Waals surface area contributed by atoms with Gasteiger partial charge in [0.1, 0.15) is 18.1 Å². The van der Waals surface area contributed by atoms with Crippen LogP contribution in [0.5, 0.6) is 0 Å². The number of rotatable bonds is 8. The second-order valence-corrected chi connectivity index (χ2v) is 18.8. The second-order valence-electron chi connectivity index (χ2n) is 11.0. The maximum Gasteiger partial charge on any atom is 0.418 e. The summed E-state index contributed by atoms with van der Waals surface area (Å²) in [5.74, 6) is 1.67. The van der Waals surface area contributed by atoms with Crippen molar-refractivity contribution in [2.24, 2.45) is 4.99 Å². The lowest BCUT2D eigenvalue weighted by Gasteiger charge is -2.37. The molecule has 2 rings (SSSR count). The second kappa shape index (κ2) is 12.8. The Labute approximate surface area is 233 Å². The first-order valence-corrected chi connectivity index (χ1v) is 17.3. The van der Waals surface area contributed by atoms with Crippen molar-refractivity contribution >= 4 is 53.0 Å². The highest BCUT2D eigenvalue weighted by Crippen LogP contribution is 2.43. The van der Waals surface area contributed by atoms with Crippen LogP contribution in [0.15, 0.2) is 27.7 Å². The van der Waals surface area contributed by atoms with Gasteiger partial charge in [0.25, 0.3) is 0 Å². The van der Waals surface area contributed by atoms with E-state index in [0.29, 0.717) is 11.1 Å². The van der Waals surface area contributed by atoms with E-state index in [0.717, 1.165) is 6.04 Å². The SMILES string of the molecule is C#C[C@@]1(c2cc(Br)ccc2F)CC(CC(=O)OC)SC(N(COCC[Si](C)(C)C)C(=O)OC(C)(C)C)=N1. The van der Waals surface area contributed by atoms with Crippen molar-refractivity contribution in [3.05, 3.63) is 34.1 Å². The molecule has 0 saturated carbocycles. The lowest BCUT2D eigenvalue weighted by atomic mass is 9.85. The molecule has 1 aliphatic heterocycles. The molecule has 2 atom stereocenters. The smallest absolute Gasteiger partial charge is 0.418 e. The number of hydrogen-bond donors (Lipinski definition) is 0. The van der Waals surface area contributed by atoms with Crippen LogP contribution in [0.1, 0.15) is 39.2 Å². The Morgan fingerprint density at radius 2 is 2.03 bits per heavy atom. The predicted octanol–water partition coefficient (Wildman–Crippen LogP) is 6.39. The lowest BCUT2D eigenvalue weighted by Crippen LogP contribution is -2.45. The van der Waals surface area contributed by atoms with Crippen LogP contribution in [0.25, 0.3) is 0 Å². The van der Waals surface area contributed by atoms with Crippen molar-refractivity contribution in [3.8, 4) is 12.3 Å². The van der Waals surface area contributed by atoms with E-state index in [4.69, 9.17) is 25.6 Å². The van der Waals surface area contributed by atoms with E-state index in [2.05, 4.69) is 41.5 Å². The van der Waals surface area contributed by atoms with Crippen molar-refractivity contribution in [1.82, 2.24) is 4.90 Å². The van der Waals surface area contributed by atoms with Crippen LogP contribution in [-0.2, 0) is 24.5 Å². The number of aliphatic imine (C=N–C) groups is 1. The molecule has 37 heavy (non-hydrogen) atoms. The number of nitrogens with zero attached hydrogens (tertiary/aromatic N) is 2. The number of esters is 1. The van der Waals surface area contributed by atoms with Crippen molar-refractivity contribution < 1.29 is 28.2 Å². The molecule has 0 bridgehead atoms. The normalized spacial score (nSPS) is 20.0. The molecule has 0 N–H and O–H groups in total. The zero-order chi connectivity index (χ0) is 28.0. The van der Waals surface area contributed by atoms with Crippen LogP contribution in [-0.4, -0.2) is 61.5 Å². The monoisotopic (exact) mass is 614 g/mol. The van der Waals surface area contributed by atoms with E-state index in [-0.39, 0.29) is 30.3 Å². The number of terminal acetylenes is 1. The molecule has 1 heterocycles. The Bertz CT molecular complexity index is 1070. The number of methoxy groups -OCH3 is 1. The van der Waals surface area contributed by atoms with E-state index in [1.807, 2.05) is 0 Å². The number of benzene rings is 1. The number of halogens is 2. The molecule has 1 aromatic carbocycles. The average molecular weight is 616 g/mol. The number of thioether (sulfide) groups is 1. The van der Waals surface area contributed by atoms with Gasteiger partial charge in [0.2, 0.25) is 0 Å². The van der Waals surface area contributed by atoms with Gasteiger partial charge in [-0.3, -0.25) is 4.79 Å². The molecule has 0 saturated heterocycles. The molecule has 1 aromatic rings. The van der Waals surface area contributed by atoms with Gasteiger partial charge in [0.15, 0.2) is 10.7 Å². The number of carbonyl (C=O) groups excluding carboxylic acids is 2. The minimum Gasteiger partial charge on any atom is -0.469 e. The third-order valence-corrected chi connectivity index (χ3v) is 8.76. The number of amidine groups is 1. The number of hydrogen-bond acceptors (Lipinski definition) is 7. The van der Waals surface area contributed by atoms with Crippen LogP contribution in [0.3, 0.4) is 0 Å². The minimum atomic E-state index is -1.47. The molecule has 11 heteroatoms. The Morgan fingerprint density at radius 1 is 1.35 bits per heavy atom. The van der Waals surface area contributed by atoms with Gasteiger partial charge in [-0.1, -0.05) is 53.3 Å². The summed E-state index contributed by atoms with van der Waals surface area (Å²) in [6.07, 6.45) is 5.49. The summed E-state index contributed by atoms with van der Waals surface area (Å²) in [7, 11) is -0.0734. The fourth-order valence-electron chi connectivity index (χ4n) is 3.45. The molecule has 1 unspecified atom stereocenters. The molecule has 0 spiro atoms. The molecule has 1 amide bonds. The lowest BCUT2D eigenvalue weighted by molar-refractivity contribution is -0.140. The molecule has 0 aliphatic carbocycles. The Balaban J connectivity index is 2.57. The van der Waals surface area contributed by atoms with Crippen molar-refractivity contribution in [2.75, 3.05) is 20.4 Å². The fourth-order valence-corrected chi connectivity index (χ4v) is 5.88. The van der Waals surface area contributed by atoms with E-state index in [1.54, 1.807) is 32.9 Å². The highest BCUT2D eigenvalue weighted by molar-refractivity contribution is 9.10. The summed E-state index contributed by atoms with van der Waals surface area (Å²) in [6, 6.07) is 5.34. The van der Waals surface area contributed by atoms with Gasteiger partial charge in [-0.05, 0) is 45.0 Å². The predicted molar refractivity (Wildman–Crippen MR) is 152 cm³/mol. The molecule has 7 nitrogen and oxygen atoms in total. The maximum absolute atomic E-state index is 15.1. The molecule has 1 aliphatic rings. The first kappa shape index (κ1) is 31.3. The van der Waals surface area contributed by atoms with Crippen LogP contribution in [0.4, 0.5) is 9.18 Å². The van der Waals surface area contributed by atoms with Crippen molar-refractivity contribution in [3.63, 3.8) is 0 Å². The molecular formula is C26H36BrFN2O5SSi. The highest BCUT2D eigenvalue weighted by atomic mass is 79.9. The molecule has 0 radical (unpaired) electrons. The summed E-state index contributed by atoms with van der Waals surface area (Å²) < 4.78 is 32.1. The quantitative estimate of drug-likeness (QED) is 0.111. The Kier molecular flexibility index (Phi) is 10.8. The molecule has 0 fully saturated rings. The van der Waals surface area contributed by atoms with Crippen molar-refractivity contribution in [2.45, 2.75) is 75.7 Å². The number of ether oxygens (including phenoxy) is 3. The standard InChI is InChI=1S/C26H36BrFN2O5SSi/c1-9-26(20-14-18(27)10-11-21(20)28)16-19(15-22(31)33-5)36-23(29-26)30(24(32)35-25(2,3)4)17-34-12-13-37(6,7)8/h1,10-11,14,19H,12-13,15-17H2,2-8H3/t19?,26-/m0/s1. The van der Waals surface area contributed by atoms with E-state index < -0.39 is 42.3 Å². The zero-order valence-corrected chi connectivity index (χ0v) is 25.9. The third kappa shape index (κ3) is 9.43. The van der Waals surface area contributed by atoms with Gasteiger partial charge in [0.05, 0.1) is 13.5 Å². The summed E-state index contributed by atoms with van der Waals surface area (Å²) in [5, 5.41) is -0.249. The van der Waals surface area contributed by atoms with Gasteiger partial charge in [0, 0.05) is 36.4 Å². The summed E-state index contributed by atoms with van der Waals surface area (Å²) in [5.41, 5.74) is -2.08. The van der Waals surface area contributed by atoms with Crippen molar-refractivity contribution in [1.29, 1.82) is 0 Å². The van der Waals surface area contributed by atoms with Gasteiger partial charge >= 0.3 is 12.1 Å². The Hall–Kier alpha value is -1.87. The van der Waals surface area contributed by atoms with Crippen LogP contribution < -0.4 is 0 Å². The van der Waals surface area contributed by atoms with E-state index >= 15 is 4.39 Å². The molecule has 0 aromatic heterocycles. The first-order chi connectivity index (χ1) is 17.1. The molecular weight excluding hydrogens is 579 g/mol. The fraction of sp³-hybridized carbons (Fsp3) is 0.577. The minimum absolute atomic E-state index is 0.00210. The summed E-state index contributed by atoms with van der Waals surface area (Å²) in [6.45, 7) is 12.3. The van der Waals surface area contributed by atoms with E-state index in [9.17, 15) is 9.59 Å². The average Bonchev–Trinajstić information content (AvgIpc) is 2.78. The van der Waals surface area contributed by atoms with Gasteiger partial charge in [-0.25, -0.2) is 19.1 Å². The van der Waals surface area contributed by atoms with Gasteiger partial charge < -0.3 is 14.2 Å². The van der Waals surface area contributed by atoms with Crippen LogP contribution >= 0.6 is 27.7 Å². The van der Waals surface area contributed by atoms with Gasteiger partial charge in [-0.15, -0.1) is 6.42 Å². The largest absolute Gasteiger partial charge is 0.469 e. The number of amides is 1. The highest BCUT2D eigenvalue weighted by Gasteiger charge is 2.43. The number of carbonyl (C=O) groups is 2. The van der Waals surface area contributed by atoms with Crippen LogP contribution in [0, 0.1) is 18.2 Å². The Morgan fingerprint density at radius 3 is 2.59 bits per heavy atom. The third-order valence-electron chi connectivity index (χ3n) is 5.38.